The molecule has 0 saturated heterocycles. The Bertz CT molecular complexity index is 540. The number of nitrogens with two attached hydrogens (primary N) is 1. The summed E-state index contributed by atoms with van der Waals surface area (Å²) in [6, 6.07) is 12.8. The fourth-order valence-electron chi connectivity index (χ4n) is 1.68. The van der Waals surface area contributed by atoms with Crippen molar-refractivity contribution in [1.82, 2.24) is 4.98 Å². The van der Waals surface area contributed by atoms with E-state index in [4.69, 9.17) is 5.73 Å². The minimum absolute atomic E-state index is 0.0145. The first-order chi connectivity index (χ1) is 8.66. The highest BCUT2D eigenvalue weighted by Gasteiger charge is 2.12. The van der Waals surface area contributed by atoms with Crippen LogP contribution in [0, 0.1) is 0 Å². The number of carbonyl (C=O) groups excluding carboxylic acids is 1. The van der Waals surface area contributed by atoms with Crippen LogP contribution in [0.3, 0.4) is 0 Å². The van der Waals surface area contributed by atoms with E-state index >= 15 is 0 Å². The Kier molecular flexibility index (Phi) is 3.57. The lowest BCUT2D eigenvalue weighted by molar-refractivity contribution is -0.117. The van der Waals surface area contributed by atoms with E-state index in [9.17, 15) is 4.79 Å². The lowest BCUT2D eigenvalue weighted by Gasteiger charge is -2.16. The molecule has 2 N–H and O–H groups in total. The standard InChI is InChI=1S/C14H15N3O/c1-17(13-7-2-3-8-16-13)14(18)10-11-5-4-6-12(15)9-11/h2-9H,10,15H2,1H3. The van der Waals surface area contributed by atoms with Crippen LogP contribution in [0.4, 0.5) is 11.5 Å². The molecule has 0 saturated carbocycles. The van der Waals surface area contributed by atoms with Crippen LogP contribution in [0.2, 0.25) is 0 Å². The number of nitrogens with zero attached hydrogens (tertiary/aromatic N) is 2. The minimum atomic E-state index is -0.0145. The normalized spacial score (nSPS) is 10.1. The van der Waals surface area contributed by atoms with Crippen molar-refractivity contribution >= 4 is 17.4 Å². The fraction of sp³-hybridized carbons (Fsp3) is 0.143. The van der Waals surface area contributed by atoms with Crippen molar-refractivity contribution < 1.29 is 4.79 Å². The summed E-state index contributed by atoms with van der Waals surface area (Å²) in [6.07, 6.45) is 1.98. The van der Waals surface area contributed by atoms with Crippen LogP contribution in [-0.2, 0) is 11.2 Å². The number of anilines is 2. The lowest BCUT2D eigenvalue weighted by atomic mass is 10.1. The van der Waals surface area contributed by atoms with Gasteiger partial charge in [-0.25, -0.2) is 4.98 Å². The molecule has 0 aliphatic carbocycles. The molecule has 0 unspecified atom stereocenters. The SMILES string of the molecule is CN(C(=O)Cc1cccc(N)c1)c1ccccn1. The summed E-state index contributed by atoms with van der Waals surface area (Å²) < 4.78 is 0. The van der Waals surface area contributed by atoms with Crippen LogP contribution < -0.4 is 10.6 Å². The van der Waals surface area contributed by atoms with Gasteiger partial charge in [0.05, 0.1) is 6.42 Å². The quantitative estimate of drug-likeness (QED) is 0.834. The van der Waals surface area contributed by atoms with Gasteiger partial charge in [0, 0.05) is 18.9 Å². The number of carbonyl (C=O) groups is 1. The van der Waals surface area contributed by atoms with Gasteiger partial charge in [-0.3, -0.25) is 9.69 Å². The third-order valence-electron chi connectivity index (χ3n) is 2.67. The van der Waals surface area contributed by atoms with E-state index in [2.05, 4.69) is 4.98 Å². The van der Waals surface area contributed by atoms with Crippen LogP contribution in [0.15, 0.2) is 48.7 Å². The summed E-state index contributed by atoms with van der Waals surface area (Å²) in [4.78, 5) is 17.8. The van der Waals surface area contributed by atoms with Crippen LogP contribution in [0.1, 0.15) is 5.56 Å². The topological polar surface area (TPSA) is 59.2 Å². The van der Waals surface area contributed by atoms with E-state index in [1.54, 1.807) is 30.3 Å². The Morgan fingerprint density at radius 2 is 2.11 bits per heavy atom. The number of pyridine rings is 1. The highest BCUT2D eigenvalue weighted by Crippen LogP contribution is 2.11. The molecule has 0 radical (unpaired) electrons. The molecule has 0 bridgehead atoms. The number of hydrogen-bond donors (Lipinski definition) is 1. The van der Waals surface area contributed by atoms with Gasteiger partial charge in [-0.1, -0.05) is 18.2 Å². The highest BCUT2D eigenvalue weighted by molar-refractivity contribution is 5.93. The third kappa shape index (κ3) is 2.85. The smallest absolute Gasteiger partial charge is 0.232 e. The maximum absolute atomic E-state index is 12.1. The van der Waals surface area contributed by atoms with E-state index in [-0.39, 0.29) is 5.91 Å². The highest BCUT2D eigenvalue weighted by atomic mass is 16.2. The van der Waals surface area contributed by atoms with Gasteiger partial charge in [-0.2, -0.15) is 0 Å². The van der Waals surface area contributed by atoms with Crippen molar-refractivity contribution in [2.75, 3.05) is 17.7 Å². The van der Waals surface area contributed by atoms with Gasteiger partial charge in [-0.15, -0.1) is 0 Å². The largest absolute Gasteiger partial charge is 0.399 e. The number of nitrogen functional groups attached to an aromatic ring is 1. The van der Waals surface area contributed by atoms with Gasteiger partial charge in [0.25, 0.3) is 0 Å². The van der Waals surface area contributed by atoms with Gasteiger partial charge >= 0.3 is 0 Å². The van der Waals surface area contributed by atoms with Crippen molar-refractivity contribution in [3.63, 3.8) is 0 Å². The maximum atomic E-state index is 12.1. The number of amides is 1. The van der Waals surface area contributed by atoms with E-state index in [0.717, 1.165) is 5.56 Å². The number of benzene rings is 1. The van der Waals surface area contributed by atoms with Crippen molar-refractivity contribution in [1.29, 1.82) is 0 Å². The Labute approximate surface area is 106 Å². The van der Waals surface area contributed by atoms with Crippen molar-refractivity contribution in [2.24, 2.45) is 0 Å². The predicted octanol–water partition coefficient (Wildman–Crippen LogP) is 1.87. The molecule has 2 aromatic rings. The first kappa shape index (κ1) is 12.1. The first-order valence-electron chi connectivity index (χ1n) is 5.69. The molecule has 4 nitrogen and oxygen atoms in total. The summed E-state index contributed by atoms with van der Waals surface area (Å²) in [5.41, 5.74) is 7.26. The van der Waals surface area contributed by atoms with E-state index in [1.807, 2.05) is 30.3 Å². The second kappa shape index (κ2) is 5.31. The third-order valence-corrected chi connectivity index (χ3v) is 2.67. The van der Waals surface area contributed by atoms with Gasteiger partial charge < -0.3 is 5.73 Å². The molecular formula is C14H15N3O. The molecule has 1 heterocycles. The molecule has 0 aliphatic rings. The van der Waals surface area contributed by atoms with Crippen LogP contribution in [-0.4, -0.2) is 17.9 Å². The molecule has 4 heteroatoms. The van der Waals surface area contributed by atoms with Crippen molar-refractivity contribution in [2.45, 2.75) is 6.42 Å². The van der Waals surface area contributed by atoms with Crippen molar-refractivity contribution in [3.8, 4) is 0 Å². The lowest BCUT2D eigenvalue weighted by Crippen LogP contribution is -2.28. The second-order valence-electron chi connectivity index (χ2n) is 4.06. The van der Waals surface area contributed by atoms with E-state index in [1.165, 1.54) is 0 Å². The van der Waals surface area contributed by atoms with E-state index < -0.39 is 0 Å². The summed E-state index contributed by atoms with van der Waals surface area (Å²) in [5.74, 6) is 0.630. The minimum Gasteiger partial charge on any atom is -0.399 e. The average molecular weight is 241 g/mol. The Balaban J connectivity index is 2.09. The molecule has 1 aromatic carbocycles. The molecule has 18 heavy (non-hydrogen) atoms. The molecule has 92 valence electrons. The Morgan fingerprint density at radius 1 is 1.28 bits per heavy atom. The van der Waals surface area contributed by atoms with Crippen LogP contribution in [0.5, 0.6) is 0 Å². The molecule has 0 aliphatic heterocycles. The molecule has 0 fully saturated rings. The number of likely N-dealkylation sites (N-methyl/N-ethyl adjacent to an activating group) is 1. The summed E-state index contributed by atoms with van der Waals surface area (Å²) in [5, 5.41) is 0. The van der Waals surface area contributed by atoms with Gasteiger partial charge in [0.1, 0.15) is 5.82 Å². The fourth-order valence-corrected chi connectivity index (χ4v) is 1.68. The van der Waals surface area contributed by atoms with Crippen molar-refractivity contribution in [3.05, 3.63) is 54.2 Å². The summed E-state index contributed by atoms with van der Waals surface area (Å²) in [6.45, 7) is 0. The van der Waals surface area contributed by atoms with Gasteiger partial charge in [-0.05, 0) is 29.8 Å². The monoisotopic (exact) mass is 241 g/mol. The first-order valence-corrected chi connectivity index (χ1v) is 5.69. The van der Waals surface area contributed by atoms with Gasteiger partial charge in [0.15, 0.2) is 0 Å². The Hall–Kier alpha value is -2.36. The predicted molar refractivity (Wildman–Crippen MR) is 72.2 cm³/mol. The van der Waals surface area contributed by atoms with E-state index in [0.29, 0.717) is 17.9 Å². The molecule has 1 amide bonds. The molecule has 0 atom stereocenters. The maximum Gasteiger partial charge on any atom is 0.232 e. The Morgan fingerprint density at radius 3 is 2.78 bits per heavy atom. The second-order valence-corrected chi connectivity index (χ2v) is 4.06. The zero-order chi connectivity index (χ0) is 13.0. The summed E-state index contributed by atoms with van der Waals surface area (Å²) in [7, 11) is 1.72. The van der Waals surface area contributed by atoms with Crippen LogP contribution >= 0.6 is 0 Å². The summed E-state index contributed by atoms with van der Waals surface area (Å²) >= 11 is 0. The molecular weight excluding hydrogens is 226 g/mol. The molecule has 2 rings (SSSR count). The molecule has 1 aromatic heterocycles. The average Bonchev–Trinajstić information content (AvgIpc) is 2.39. The number of hydrogen-bond acceptors (Lipinski definition) is 3. The zero-order valence-corrected chi connectivity index (χ0v) is 10.2. The number of rotatable bonds is 3. The van der Waals surface area contributed by atoms with Gasteiger partial charge in [0.2, 0.25) is 5.91 Å². The number of aromatic nitrogens is 1. The van der Waals surface area contributed by atoms with Crippen LogP contribution in [0.25, 0.3) is 0 Å². The molecule has 0 spiro atoms. The zero-order valence-electron chi connectivity index (χ0n) is 10.2.